The summed E-state index contributed by atoms with van der Waals surface area (Å²) in [6.07, 6.45) is 0. The largest absolute Gasteiger partial charge is 0.228 e. The molecule has 2 nitrogen and oxygen atoms in total. The number of aromatic nitrogens is 2. The first-order chi connectivity index (χ1) is 32.5. The molecule has 13 rings (SSSR count). The summed E-state index contributed by atoms with van der Waals surface area (Å²) in [6.45, 7) is 4.72. The molecule has 0 saturated heterocycles. The minimum atomic E-state index is -0.516. The third-order valence-electron chi connectivity index (χ3n) is 14.6. The van der Waals surface area contributed by atoms with Crippen LogP contribution in [0.5, 0.6) is 0 Å². The molecule has 0 fully saturated rings. The molecule has 2 aliphatic carbocycles. The molecule has 0 amide bonds. The third-order valence-corrected chi connectivity index (χ3v) is 14.6. The Morgan fingerprint density at radius 2 is 0.848 bits per heavy atom. The fraction of sp³-hybridized carbons (Fsp3) is 0.0625. The van der Waals surface area contributed by atoms with Crippen molar-refractivity contribution < 1.29 is 0 Å². The molecule has 310 valence electrons. The summed E-state index contributed by atoms with van der Waals surface area (Å²) >= 11 is 0. The zero-order valence-electron chi connectivity index (χ0n) is 36.8. The Kier molecular flexibility index (Phi) is 8.51. The number of nitrogens with zero attached hydrogens (tertiary/aromatic N) is 2. The molecular weight excluding hydrogens is 797 g/mol. The van der Waals surface area contributed by atoms with Crippen LogP contribution in [0.3, 0.4) is 0 Å². The van der Waals surface area contributed by atoms with E-state index in [0.717, 1.165) is 33.5 Å². The maximum absolute atomic E-state index is 5.38. The SMILES string of the molecule is CC1(C)c2ccc(-c3ccc(-c4cc(-c5ccc6c(c5)C(c5ccccc5)(c5ccccc5)c5ccccc5-6)nc(-c5ccccc5)n4)c4ccccc34)cc2-c2cc3ccccc3cc21. The molecule has 0 radical (unpaired) electrons. The van der Waals surface area contributed by atoms with Gasteiger partial charge in [0.2, 0.25) is 0 Å². The maximum atomic E-state index is 5.38. The van der Waals surface area contributed by atoms with Gasteiger partial charge in [0.1, 0.15) is 0 Å². The van der Waals surface area contributed by atoms with Gasteiger partial charge in [0, 0.05) is 22.1 Å². The number of fused-ring (bicyclic) bond motifs is 8. The molecule has 0 aliphatic heterocycles. The standard InChI is InChI=1S/C64H44N2/c1-63(2)56-35-31-44(37-54(56)55-36-42-20-12-13-21-43(42)38-58(55)63)48-33-34-53(50-27-15-14-26-49(48)50)61-40-60(65-62(66-61)41-18-6-3-7-19-41)45-30-32-52-51-28-16-17-29-57(51)64(59(52)39-45,46-22-8-4-9-23-46)47-24-10-5-11-25-47/h3-40H,1-2H3. The van der Waals surface area contributed by atoms with Crippen molar-refractivity contribution in [2.75, 3.05) is 0 Å². The Bertz CT molecular complexity index is 3680. The summed E-state index contributed by atoms with van der Waals surface area (Å²) in [5.74, 6) is 0.699. The molecule has 0 saturated carbocycles. The smallest absolute Gasteiger partial charge is 0.160 e. The van der Waals surface area contributed by atoms with Crippen LogP contribution < -0.4 is 0 Å². The lowest BCUT2D eigenvalue weighted by Crippen LogP contribution is -2.28. The first-order valence-electron chi connectivity index (χ1n) is 23.0. The van der Waals surface area contributed by atoms with E-state index in [2.05, 4.69) is 238 Å². The van der Waals surface area contributed by atoms with Gasteiger partial charge in [-0.05, 0) is 119 Å². The van der Waals surface area contributed by atoms with Gasteiger partial charge >= 0.3 is 0 Å². The highest BCUT2D eigenvalue weighted by atomic mass is 14.9. The Labute approximate surface area is 385 Å². The van der Waals surface area contributed by atoms with Crippen LogP contribution in [0.2, 0.25) is 0 Å². The zero-order chi connectivity index (χ0) is 44.0. The first kappa shape index (κ1) is 38.3. The molecular formula is C64H44N2. The van der Waals surface area contributed by atoms with Crippen LogP contribution in [0, 0.1) is 0 Å². The van der Waals surface area contributed by atoms with Crippen molar-refractivity contribution in [1.82, 2.24) is 9.97 Å². The second-order valence-corrected chi connectivity index (χ2v) is 18.5. The first-order valence-corrected chi connectivity index (χ1v) is 23.0. The normalized spacial score (nSPS) is 13.8. The summed E-state index contributed by atoms with van der Waals surface area (Å²) in [7, 11) is 0. The molecule has 1 aromatic heterocycles. The topological polar surface area (TPSA) is 25.8 Å². The van der Waals surface area contributed by atoms with Crippen LogP contribution in [0.4, 0.5) is 0 Å². The molecule has 10 aromatic carbocycles. The van der Waals surface area contributed by atoms with Crippen LogP contribution in [-0.2, 0) is 10.8 Å². The van der Waals surface area contributed by atoms with E-state index >= 15 is 0 Å². The number of benzene rings is 10. The Morgan fingerprint density at radius 3 is 1.59 bits per heavy atom. The predicted molar refractivity (Wildman–Crippen MR) is 274 cm³/mol. The molecule has 2 heteroatoms. The average molecular weight is 841 g/mol. The van der Waals surface area contributed by atoms with Crippen molar-refractivity contribution in [3.8, 4) is 67.3 Å². The van der Waals surface area contributed by atoms with Crippen molar-refractivity contribution in [2.45, 2.75) is 24.7 Å². The highest BCUT2D eigenvalue weighted by molar-refractivity contribution is 6.06. The van der Waals surface area contributed by atoms with Gasteiger partial charge in [-0.2, -0.15) is 0 Å². The minimum Gasteiger partial charge on any atom is -0.228 e. The molecule has 0 atom stereocenters. The second-order valence-electron chi connectivity index (χ2n) is 18.5. The lowest BCUT2D eigenvalue weighted by molar-refractivity contribution is 0.661. The number of hydrogen-bond acceptors (Lipinski definition) is 2. The van der Waals surface area contributed by atoms with E-state index in [9.17, 15) is 0 Å². The van der Waals surface area contributed by atoms with Crippen LogP contribution in [0.15, 0.2) is 231 Å². The summed E-state index contributed by atoms with van der Waals surface area (Å²) in [6, 6.07) is 84.4. The van der Waals surface area contributed by atoms with Crippen LogP contribution >= 0.6 is 0 Å². The lowest BCUT2D eigenvalue weighted by Gasteiger charge is -2.34. The van der Waals surface area contributed by atoms with Crippen molar-refractivity contribution in [3.05, 3.63) is 264 Å². The lowest BCUT2D eigenvalue weighted by atomic mass is 9.67. The Hall–Kier alpha value is -8.20. The molecule has 2 aliphatic rings. The third kappa shape index (κ3) is 5.68. The molecule has 1 heterocycles. The highest BCUT2D eigenvalue weighted by Gasteiger charge is 2.46. The van der Waals surface area contributed by atoms with Gasteiger partial charge in [0.25, 0.3) is 0 Å². The average Bonchev–Trinajstić information content (AvgIpc) is 3.80. The summed E-state index contributed by atoms with van der Waals surface area (Å²) < 4.78 is 0. The quantitative estimate of drug-likeness (QED) is 0.167. The van der Waals surface area contributed by atoms with E-state index in [-0.39, 0.29) is 5.41 Å². The van der Waals surface area contributed by atoms with E-state index in [1.807, 2.05) is 6.07 Å². The van der Waals surface area contributed by atoms with Gasteiger partial charge in [-0.25, -0.2) is 9.97 Å². The van der Waals surface area contributed by atoms with Crippen molar-refractivity contribution in [2.24, 2.45) is 0 Å². The fourth-order valence-electron chi connectivity index (χ4n) is 11.4. The van der Waals surface area contributed by atoms with Gasteiger partial charge in [0.15, 0.2) is 5.82 Å². The van der Waals surface area contributed by atoms with Gasteiger partial charge < -0.3 is 0 Å². The van der Waals surface area contributed by atoms with Gasteiger partial charge in [-0.3, -0.25) is 0 Å². The van der Waals surface area contributed by atoms with E-state index in [4.69, 9.17) is 9.97 Å². The monoisotopic (exact) mass is 840 g/mol. The zero-order valence-corrected chi connectivity index (χ0v) is 36.8. The highest BCUT2D eigenvalue weighted by Crippen LogP contribution is 2.57. The molecule has 11 aromatic rings. The van der Waals surface area contributed by atoms with Gasteiger partial charge in [-0.1, -0.05) is 214 Å². The van der Waals surface area contributed by atoms with Crippen molar-refractivity contribution in [3.63, 3.8) is 0 Å². The predicted octanol–water partition coefficient (Wildman–Crippen LogP) is 16.1. The summed E-state index contributed by atoms with van der Waals surface area (Å²) in [4.78, 5) is 10.8. The van der Waals surface area contributed by atoms with Crippen LogP contribution in [0.1, 0.15) is 47.2 Å². The molecule has 0 bridgehead atoms. The summed E-state index contributed by atoms with van der Waals surface area (Å²) in [5.41, 5.74) is 19.6. The fourth-order valence-corrected chi connectivity index (χ4v) is 11.4. The van der Waals surface area contributed by atoms with Gasteiger partial charge in [-0.15, -0.1) is 0 Å². The molecule has 66 heavy (non-hydrogen) atoms. The van der Waals surface area contributed by atoms with E-state index < -0.39 is 5.41 Å². The van der Waals surface area contributed by atoms with E-state index in [1.54, 1.807) is 0 Å². The minimum absolute atomic E-state index is 0.0895. The Morgan fingerprint density at radius 1 is 0.303 bits per heavy atom. The maximum Gasteiger partial charge on any atom is 0.160 e. The molecule has 0 N–H and O–H groups in total. The van der Waals surface area contributed by atoms with E-state index in [1.165, 1.54) is 82.9 Å². The summed E-state index contributed by atoms with van der Waals surface area (Å²) in [5, 5.41) is 4.91. The number of rotatable bonds is 6. The Balaban J connectivity index is 0.988. The van der Waals surface area contributed by atoms with Crippen LogP contribution in [0.25, 0.3) is 88.8 Å². The number of hydrogen-bond donors (Lipinski definition) is 0. The van der Waals surface area contributed by atoms with Gasteiger partial charge in [0.05, 0.1) is 16.8 Å². The van der Waals surface area contributed by atoms with Crippen LogP contribution in [-0.4, -0.2) is 9.97 Å². The van der Waals surface area contributed by atoms with Crippen molar-refractivity contribution in [1.29, 1.82) is 0 Å². The molecule has 0 unspecified atom stereocenters. The molecule has 0 spiro atoms. The second kappa shape index (κ2) is 14.7. The van der Waals surface area contributed by atoms with Crippen molar-refractivity contribution >= 4 is 21.5 Å². The van der Waals surface area contributed by atoms with E-state index in [0.29, 0.717) is 5.82 Å².